The second kappa shape index (κ2) is 14.0. The largest absolute Gasteiger partial charge is 0.444 e. The molecule has 0 atom stereocenters. The molecule has 0 heterocycles. The van der Waals surface area contributed by atoms with E-state index in [0.717, 1.165) is 0 Å². The predicted octanol–water partition coefficient (Wildman–Crippen LogP) is 5.41. The van der Waals surface area contributed by atoms with Crippen molar-refractivity contribution in [3.05, 3.63) is 108 Å². The topological polar surface area (TPSA) is 84.7 Å². The van der Waals surface area contributed by atoms with Crippen molar-refractivity contribution in [2.24, 2.45) is 5.73 Å². The van der Waals surface area contributed by atoms with Crippen molar-refractivity contribution in [3.63, 3.8) is 0 Å². The molecular weight excluding hydrogens is 494 g/mol. The van der Waals surface area contributed by atoms with E-state index in [1.54, 1.807) is 11.8 Å². The van der Waals surface area contributed by atoms with E-state index in [9.17, 15) is 9.59 Å². The number of nitrogens with zero attached hydrogens (tertiary/aromatic N) is 1. The van der Waals surface area contributed by atoms with Crippen LogP contribution in [-0.4, -0.2) is 54.4 Å². The number of carbonyl (C=O) groups excluding carboxylic acids is 2. The molecule has 0 bridgehead atoms. The van der Waals surface area contributed by atoms with Crippen molar-refractivity contribution < 1.29 is 14.3 Å². The number of nitrogens with two attached hydrogens (primary N) is 1. The lowest BCUT2D eigenvalue weighted by atomic mass is 9.84. The van der Waals surface area contributed by atoms with Crippen LogP contribution in [0.2, 0.25) is 0 Å². The van der Waals surface area contributed by atoms with Crippen LogP contribution in [0, 0.1) is 0 Å². The Hall–Kier alpha value is -3.29. The van der Waals surface area contributed by atoms with Crippen LogP contribution in [0.25, 0.3) is 0 Å². The van der Waals surface area contributed by atoms with Crippen molar-refractivity contribution >= 4 is 23.8 Å². The molecule has 202 valence electrons. The number of rotatable bonds is 12. The van der Waals surface area contributed by atoms with Gasteiger partial charge < -0.3 is 20.7 Å². The average molecular weight is 534 g/mol. The van der Waals surface area contributed by atoms with Gasteiger partial charge in [0.25, 0.3) is 0 Å². The standard InChI is InChI=1S/C31H39N3O3S/c1-30(2,3)37-29(36)34(23-20-32)22-19-28(35)33-21-24-38-31(25-13-7-4-8-14-25,26-15-9-5-10-16-26)27-17-11-6-12-18-27/h4-18H,19-24,32H2,1-3H3,(H,33,35). The fraction of sp³-hybridized carbons (Fsp3) is 0.355. The van der Waals surface area contributed by atoms with E-state index in [-0.39, 0.29) is 18.9 Å². The quantitative estimate of drug-likeness (QED) is 0.240. The molecule has 3 aromatic rings. The minimum atomic E-state index is -0.605. The molecule has 0 saturated heterocycles. The zero-order valence-electron chi connectivity index (χ0n) is 22.6. The second-order valence-electron chi connectivity index (χ2n) is 9.98. The Labute approximate surface area is 230 Å². The zero-order chi connectivity index (χ0) is 27.4. The highest BCUT2D eigenvalue weighted by Gasteiger charge is 2.36. The first-order valence-corrected chi connectivity index (χ1v) is 14.0. The first-order valence-electron chi connectivity index (χ1n) is 13.0. The summed E-state index contributed by atoms with van der Waals surface area (Å²) < 4.78 is 5.02. The Morgan fingerprint density at radius 1 is 0.816 bits per heavy atom. The molecule has 0 unspecified atom stereocenters. The average Bonchev–Trinajstić information content (AvgIpc) is 2.92. The molecule has 0 fully saturated rings. The normalized spacial score (nSPS) is 11.6. The van der Waals surface area contributed by atoms with E-state index >= 15 is 0 Å². The van der Waals surface area contributed by atoms with E-state index in [1.165, 1.54) is 21.6 Å². The highest BCUT2D eigenvalue weighted by molar-refractivity contribution is 8.00. The number of ether oxygens (including phenoxy) is 1. The van der Waals surface area contributed by atoms with Gasteiger partial charge in [-0.3, -0.25) is 4.79 Å². The minimum absolute atomic E-state index is 0.110. The van der Waals surface area contributed by atoms with Gasteiger partial charge in [0, 0.05) is 38.4 Å². The van der Waals surface area contributed by atoms with Crippen LogP contribution in [0.4, 0.5) is 4.79 Å². The fourth-order valence-electron chi connectivity index (χ4n) is 4.26. The van der Waals surface area contributed by atoms with Crippen LogP contribution in [0.5, 0.6) is 0 Å². The summed E-state index contributed by atoms with van der Waals surface area (Å²) in [5, 5.41) is 3.02. The number of hydrogen-bond donors (Lipinski definition) is 2. The Bertz CT molecular complexity index is 1040. The lowest BCUT2D eigenvalue weighted by Gasteiger charge is -2.35. The van der Waals surface area contributed by atoms with Gasteiger partial charge in [-0.2, -0.15) is 0 Å². The molecule has 38 heavy (non-hydrogen) atoms. The summed E-state index contributed by atoms with van der Waals surface area (Å²) in [6, 6.07) is 31.4. The zero-order valence-corrected chi connectivity index (χ0v) is 23.4. The summed E-state index contributed by atoms with van der Waals surface area (Å²) in [6.07, 6.45) is -0.268. The van der Waals surface area contributed by atoms with E-state index in [1.807, 2.05) is 39.0 Å². The summed E-state index contributed by atoms with van der Waals surface area (Å²) in [4.78, 5) is 26.6. The molecule has 0 aliphatic heterocycles. The van der Waals surface area contributed by atoms with Crippen LogP contribution >= 0.6 is 11.8 Å². The summed E-state index contributed by atoms with van der Waals surface area (Å²) in [5.41, 5.74) is 8.61. The Morgan fingerprint density at radius 3 is 1.71 bits per heavy atom. The molecule has 2 amide bonds. The summed E-state index contributed by atoms with van der Waals surface area (Å²) in [6.45, 7) is 6.85. The van der Waals surface area contributed by atoms with Gasteiger partial charge >= 0.3 is 6.09 Å². The van der Waals surface area contributed by atoms with Gasteiger partial charge in [-0.05, 0) is 37.5 Å². The van der Waals surface area contributed by atoms with Crippen LogP contribution in [0.15, 0.2) is 91.0 Å². The number of benzene rings is 3. The van der Waals surface area contributed by atoms with Crippen molar-refractivity contribution in [2.45, 2.75) is 37.5 Å². The highest BCUT2D eigenvalue weighted by atomic mass is 32.2. The van der Waals surface area contributed by atoms with E-state index in [0.29, 0.717) is 25.4 Å². The number of hydrogen-bond acceptors (Lipinski definition) is 5. The molecular formula is C31H39N3O3S. The molecule has 0 aliphatic rings. The van der Waals surface area contributed by atoms with Gasteiger partial charge in [-0.25, -0.2) is 4.79 Å². The van der Waals surface area contributed by atoms with Gasteiger partial charge in [-0.15, -0.1) is 11.8 Å². The number of amides is 2. The maximum Gasteiger partial charge on any atom is 0.410 e. The van der Waals surface area contributed by atoms with Crippen LogP contribution in [0.3, 0.4) is 0 Å². The lowest BCUT2D eigenvalue weighted by molar-refractivity contribution is -0.121. The third kappa shape index (κ3) is 8.10. The number of carbonyl (C=O) groups is 2. The van der Waals surface area contributed by atoms with Crippen LogP contribution in [-0.2, 0) is 14.3 Å². The minimum Gasteiger partial charge on any atom is -0.444 e. The third-order valence-corrected chi connectivity index (χ3v) is 7.49. The molecule has 3 aromatic carbocycles. The van der Waals surface area contributed by atoms with Crippen molar-refractivity contribution in [2.75, 3.05) is 31.9 Å². The van der Waals surface area contributed by atoms with Gasteiger partial charge in [0.05, 0.1) is 4.75 Å². The maximum atomic E-state index is 12.7. The monoisotopic (exact) mass is 533 g/mol. The molecule has 0 aliphatic carbocycles. The Kier molecular flexibility index (Phi) is 10.8. The third-order valence-electron chi connectivity index (χ3n) is 5.94. The van der Waals surface area contributed by atoms with Crippen LogP contribution < -0.4 is 11.1 Å². The smallest absolute Gasteiger partial charge is 0.410 e. The SMILES string of the molecule is CC(C)(C)OC(=O)N(CCN)CCC(=O)NCCSC(c1ccccc1)(c1ccccc1)c1ccccc1. The summed E-state index contributed by atoms with van der Waals surface area (Å²) in [5.74, 6) is 0.587. The van der Waals surface area contributed by atoms with E-state index in [2.05, 4.69) is 78.1 Å². The van der Waals surface area contributed by atoms with Crippen molar-refractivity contribution in [1.29, 1.82) is 0 Å². The fourth-order valence-corrected chi connectivity index (χ4v) is 5.68. The first-order chi connectivity index (χ1) is 18.3. The molecule has 7 heteroatoms. The molecule has 3 rings (SSSR count). The van der Waals surface area contributed by atoms with Crippen LogP contribution in [0.1, 0.15) is 43.9 Å². The molecule has 0 spiro atoms. The number of thioether (sulfide) groups is 1. The highest BCUT2D eigenvalue weighted by Crippen LogP contribution is 2.48. The summed E-state index contributed by atoms with van der Waals surface area (Å²) >= 11 is 1.80. The first kappa shape index (κ1) is 29.3. The van der Waals surface area contributed by atoms with E-state index in [4.69, 9.17) is 10.5 Å². The maximum absolute atomic E-state index is 12.7. The van der Waals surface area contributed by atoms with Gasteiger partial charge in [0.15, 0.2) is 0 Å². The molecule has 6 nitrogen and oxygen atoms in total. The van der Waals surface area contributed by atoms with Crippen molar-refractivity contribution in [3.8, 4) is 0 Å². The molecule has 0 aromatic heterocycles. The molecule has 0 saturated carbocycles. The molecule has 3 N–H and O–H groups in total. The Balaban J connectivity index is 1.68. The van der Waals surface area contributed by atoms with Crippen molar-refractivity contribution in [1.82, 2.24) is 10.2 Å². The van der Waals surface area contributed by atoms with E-state index < -0.39 is 16.4 Å². The van der Waals surface area contributed by atoms with Gasteiger partial charge in [0.1, 0.15) is 5.60 Å². The lowest BCUT2D eigenvalue weighted by Crippen LogP contribution is -2.41. The Morgan fingerprint density at radius 2 is 1.29 bits per heavy atom. The van der Waals surface area contributed by atoms with Gasteiger partial charge in [0.2, 0.25) is 5.91 Å². The van der Waals surface area contributed by atoms with Gasteiger partial charge in [-0.1, -0.05) is 91.0 Å². The second-order valence-corrected chi connectivity index (χ2v) is 11.3. The molecule has 0 radical (unpaired) electrons. The predicted molar refractivity (Wildman–Crippen MR) is 156 cm³/mol. The summed E-state index contributed by atoms with van der Waals surface area (Å²) in [7, 11) is 0. The number of nitrogens with one attached hydrogen (secondary N) is 1.